The summed E-state index contributed by atoms with van der Waals surface area (Å²) in [4.78, 5) is 0. The van der Waals surface area contributed by atoms with Gasteiger partial charge in [0, 0.05) is 13.1 Å². The molecule has 0 aliphatic rings. The van der Waals surface area contributed by atoms with Gasteiger partial charge in [-0.25, -0.2) is 13.1 Å². The highest BCUT2D eigenvalue weighted by atomic mass is 32.2. The normalized spacial score (nSPS) is 12.0. The molecule has 0 saturated carbocycles. The summed E-state index contributed by atoms with van der Waals surface area (Å²) in [5, 5.41) is -0.412. The number of hydrogen-bond acceptors (Lipinski definition) is 3. The molecule has 0 fully saturated rings. The molecule has 90 valence electrons. The van der Waals surface area contributed by atoms with Crippen molar-refractivity contribution in [3.05, 3.63) is 35.4 Å². The molecule has 0 saturated heterocycles. The van der Waals surface area contributed by atoms with Crippen LogP contribution in [0.3, 0.4) is 0 Å². The Morgan fingerprint density at radius 1 is 1.31 bits per heavy atom. The van der Waals surface area contributed by atoms with Crippen LogP contribution < -0.4 is 10.5 Å². The highest BCUT2D eigenvalue weighted by Crippen LogP contribution is 2.05. The van der Waals surface area contributed by atoms with Crippen LogP contribution in [0.4, 0.5) is 0 Å². The summed E-state index contributed by atoms with van der Waals surface area (Å²) >= 11 is 0. The number of benzene rings is 1. The smallest absolute Gasteiger partial charge is 0.214 e. The number of sulfonamides is 1. The monoisotopic (exact) mass is 242 g/mol. The molecule has 1 aromatic rings. The van der Waals surface area contributed by atoms with E-state index in [4.69, 9.17) is 5.73 Å². The molecule has 3 N–H and O–H groups in total. The van der Waals surface area contributed by atoms with Crippen molar-refractivity contribution in [1.29, 1.82) is 0 Å². The van der Waals surface area contributed by atoms with Gasteiger partial charge in [-0.1, -0.05) is 24.3 Å². The second kappa shape index (κ2) is 5.43. The maximum Gasteiger partial charge on any atom is 0.214 e. The van der Waals surface area contributed by atoms with Gasteiger partial charge >= 0.3 is 0 Å². The van der Waals surface area contributed by atoms with Gasteiger partial charge in [-0.2, -0.15) is 0 Å². The second-order valence-electron chi connectivity index (χ2n) is 3.94. The molecular formula is C11H18N2O2S. The van der Waals surface area contributed by atoms with Crippen molar-refractivity contribution in [2.75, 3.05) is 0 Å². The first-order chi connectivity index (χ1) is 7.45. The fourth-order valence-corrected chi connectivity index (χ4v) is 1.92. The third kappa shape index (κ3) is 3.59. The standard InChI is InChI=1S/C11H18N2O2S/c1-9(2)16(14,15)13-8-11-5-3-4-10(6-11)7-12/h3-6,9,13H,7-8,12H2,1-2H3. The summed E-state index contributed by atoms with van der Waals surface area (Å²) in [5.74, 6) is 0. The zero-order valence-electron chi connectivity index (χ0n) is 9.60. The first-order valence-electron chi connectivity index (χ1n) is 5.22. The molecule has 0 spiro atoms. The molecule has 0 amide bonds. The largest absolute Gasteiger partial charge is 0.326 e. The van der Waals surface area contributed by atoms with Gasteiger partial charge in [0.05, 0.1) is 5.25 Å². The van der Waals surface area contributed by atoms with Crippen molar-refractivity contribution >= 4 is 10.0 Å². The number of hydrogen-bond donors (Lipinski definition) is 2. The fraction of sp³-hybridized carbons (Fsp3) is 0.455. The van der Waals surface area contributed by atoms with Gasteiger partial charge in [0.1, 0.15) is 0 Å². The highest BCUT2D eigenvalue weighted by Gasteiger charge is 2.14. The van der Waals surface area contributed by atoms with Crippen LogP contribution in [0.5, 0.6) is 0 Å². The summed E-state index contributed by atoms with van der Waals surface area (Å²) in [5.41, 5.74) is 7.43. The van der Waals surface area contributed by atoms with Crippen molar-refractivity contribution < 1.29 is 8.42 Å². The summed E-state index contributed by atoms with van der Waals surface area (Å²) in [7, 11) is -3.20. The van der Waals surface area contributed by atoms with Crippen molar-refractivity contribution in [2.45, 2.75) is 32.2 Å². The first-order valence-corrected chi connectivity index (χ1v) is 6.76. The maximum atomic E-state index is 11.5. The summed E-state index contributed by atoms with van der Waals surface area (Å²) in [6.07, 6.45) is 0. The van der Waals surface area contributed by atoms with Crippen LogP contribution in [-0.2, 0) is 23.1 Å². The Labute approximate surface area is 96.9 Å². The van der Waals surface area contributed by atoms with Gasteiger partial charge in [0.25, 0.3) is 0 Å². The predicted molar refractivity (Wildman–Crippen MR) is 65.2 cm³/mol. The number of nitrogens with one attached hydrogen (secondary N) is 1. The third-order valence-corrected chi connectivity index (χ3v) is 4.11. The molecule has 0 bridgehead atoms. The van der Waals surface area contributed by atoms with Crippen LogP contribution in [0.1, 0.15) is 25.0 Å². The van der Waals surface area contributed by atoms with Crippen LogP contribution in [0, 0.1) is 0 Å². The maximum absolute atomic E-state index is 11.5. The highest BCUT2D eigenvalue weighted by molar-refractivity contribution is 7.90. The Kier molecular flexibility index (Phi) is 4.46. The SMILES string of the molecule is CC(C)S(=O)(=O)NCc1cccc(CN)c1. The lowest BCUT2D eigenvalue weighted by atomic mass is 10.1. The van der Waals surface area contributed by atoms with E-state index in [1.165, 1.54) is 0 Å². The summed E-state index contributed by atoms with van der Waals surface area (Å²) < 4.78 is 25.6. The molecule has 0 heterocycles. The van der Waals surface area contributed by atoms with E-state index in [2.05, 4.69) is 4.72 Å². The minimum Gasteiger partial charge on any atom is -0.326 e. The van der Waals surface area contributed by atoms with Crippen LogP contribution >= 0.6 is 0 Å². The lowest BCUT2D eigenvalue weighted by Crippen LogP contribution is -2.30. The van der Waals surface area contributed by atoms with Gasteiger partial charge < -0.3 is 5.73 Å². The van der Waals surface area contributed by atoms with Gasteiger partial charge in [-0.3, -0.25) is 0 Å². The molecule has 0 radical (unpaired) electrons. The quantitative estimate of drug-likeness (QED) is 0.808. The molecule has 5 heteroatoms. The van der Waals surface area contributed by atoms with Crippen molar-refractivity contribution in [3.8, 4) is 0 Å². The van der Waals surface area contributed by atoms with Crippen molar-refractivity contribution in [3.63, 3.8) is 0 Å². The predicted octanol–water partition coefficient (Wildman–Crippen LogP) is 0.973. The van der Waals surface area contributed by atoms with E-state index in [9.17, 15) is 8.42 Å². The molecule has 1 aromatic carbocycles. The van der Waals surface area contributed by atoms with Gasteiger partial charge in [-0.15, -0.1) is 0 Å². The van der Waals surface area contributed by atoms with Crippen molar-refractivity contribution in [1.82, 2.24) is 4.72 Å². The Hall–Kier alpha value is -0.910. The minimum absolute atomic E-state index is 0.314. The Bertz CT molecular complexity index is 441. The molecule has 4 nitrogen and oxygen atoms in total. The minimum atomic E-state index is -3.20. The van der Waals surface area contributed by atoms with E-state index >= 15 is 0 Å². The van der Waals surface area contributed by atoms with Crippen LogP contribution in [0.2, 0.25) is 0 Å². The van der Waals surface area contributed by atoms with Crippen LogP contribution in [0.25, 0.3) is 0 Å². The van der Waals surface area contributed by atoms with E-state index in [-0.39, 0.29) is 0 Å². The average Bonchev–Trinajstić information content (AvgIpc) is 2.26. The topological polar surface area (TPSA) is 72.2 Å². The van der Waals surface area contributed by atoms with Crippen molar-refractivity contribution in [2.24, 2.45) is 5.73 Å². The van der Waals surface area contributed by atoms with Gasteiger partial charge in [0.2, 0.25) is 10.0 Å². The summed E-state index contributed by atoms with van der Waals surface area (Å²) in [6, 6.07) is 7.58. The third-order valence-electron chi connectivity index (χ3n) is 2.33. The van der Waals surface area contributed by atoms with Gasteiger partial charge in [-0.05, 0) is 25.0 Å². The zero-order valence-corrected chi connectivity index (χ0v) is 10.4. The molecule has 0 aromatic heterocycles. The Morgan fingerprint density at radius 2 is 1.94 bits per heavy atom. The van der Waals surface area contributed by atoms with Crippen LogP contribution in [-0.4, -0.2) is 13.7 Å². The lowest BCUT2D eigenvalue weighted by Gasteiger charge is -2.10. The molecule has 0 atom stereocenters. The number of rotatable bonds is 5. The van der Waals surface area contributed by atoms with E-state index in [0.29, 0.717) is 13.1 Å². The zero-order chi connectivity index (χ0) is 12.2. The van der Waals surface area contributed by atoms with E-state index in [0.717, 1.165) is 11.1 Å². The average molecular weight is 242 g/mol. The molecule has 0 unspecified atom stereocenters. The van der Waals surface area contributed by atoms with E-state index in [1.54, 1.807) is 13.8 Å². The Balaban J connectivity index is 2.68. The molecule has 1 rings (SSSR count). The number of nitrogens with two attached hydrogens (primary N) is 1. The molecule has 0 aliphatic carbocycles. The van der Waals surface area contributed by atoms with E-state index in [1.807, 2.05) is 24.3 Å². The molecular weight excluding hydrogens is 224 g/mol. The summed E-state index contributed by atoms with van der Waals surface area (Å²) in [6.45, 7) is 4.08. The van der Waals surface area contributed by atoms with E-state index < -0.39 is 15.3 Å². The second-order valence-corrected chi connectivity index (χ2v) is 6.26. The van der Waals surface area contributed by atoms with Crippen LogP contribution in [0.15, 0.2) is 24.3 Å². The molecule has 0 aliphatic heterocycles. The first kappa shape index (κ1) is 13.2. The lowest BCUT2D eigenvalue weighted by molar-refractivity contribution is 0.572. The van der Waals surface area contributed by atoms with Gasteiger partial charge in [0.15, 0.2) is 0 Å². The molecule has 16 heavy (non-hydrogen) atoms. The Morgan fingerprint density at radius 3 is 2.50 bits per heavy atom. The fourth-order valence-electron chi connectivity index (χ4n) is 1.22.